The number of halogens is 1. The number of nitrogens with zero attached hydrogens (tertiary/aromatic N) is 2. The molecule has 0 heterocycles. The molecule has 0 saturated carbocycles. The number of rotatable bonds is 10. The minimum Gasteiger partial charge on any atom is -0.352 e. The molecule has 3 rings (SSSR count). The Bertz CT molecular complexity index is 1420. The zero-order chi connectivity index (χ0) is 28.9. The lowest BCUT2D eigenvalue weighted by Gasteiger charge is -2.32. The molecule has 0 aliphatic carbocycles. The van der Waals surface area contributed by atoms with Crippen LogP contribution in [-0.2, 0) is 26.2 Å². The highest BCUT2D eigenvalue weighted by molar-refractivity contribution is 7.92. The van der Waals surface area contributed by atoms with E-state index in [2.05, 4.69) is 5.32 Å². The van der Waals surface area contributed by atoms with Gasteiger partial charge in [-0.05, 0) is 94.6 Å². The standard InChI is InChI=1S/C30H36ClN3O4S/c1-20(2)32-30(36)24(6)33(18-25-10-12-26(31)13-11-25)29(35)19-34(27-14-9-22(4)23(5)17-27)39(37,38)28-15-7-21(3)8-16-28/h7-17,20,24H,18-19H2,1-6H3,(H,32,36)/t24-/m1/s1. The zero-order valence-corrected chi connectivity index (χ0v) is 24.8. The molecule has 0 bridgehead atoms. The molecule has 2 amide bonds. The summed E-state index contributed by atoms with van der Waals surface area (Å²) in [6.07, 6.45) is 0. The largest absolute Gasteiger partial charge is 0.352 e. The molecule has 9 heteroatoms. The normalized spacial score (nSPS) is 12.2. The third kappa shape index (κ3) is 7.61. The van der Waals surface area contributed by atoms with Crippen LogP contribution < -0.4 is 9.62 Å². The zero-order valence-electron chi connectivity index (χ0n) is 23.2. The van der Waals surface area contributed by atoms with Crippen LogP contribution >= 0.6 is 11.6 Å². The summed E-state index contributed by atoms with van der Waals surface area (Å²) in [5, 5.41) is 3.40. The van der Waals surface area contributed by atoms with Crippen LogP contribution in [0.2, 0.25) is 5.02 Å². The first-order valence-corrected chi connectivity index (χ1v) is 14.6. The quantitative estimate of drug-likeness (QED) is 0.354. The van der Waals surface area contributed by atoms with Gasteiger partial charge in [0.1, 0.15) is 12.6 Å². The topological polar surface area (TPSA) is 86.8 Å². The van der Waals surface area contributed by atoms with E-state index in [4.69, 9.17) is 11.6 Å². The van der Waals surface area contributed by atoms with Crippen LogP contribution in [-0.4, -0.2) is 43.8 Å². The number of hydrogen-bond acceptors (Lipinski definition) is 4. The number of hydrogen-bond donors (Lipinski definition) is 1. The van der Waals surface area contributed by atoms with Crippen molar-refractivity contribution in [2.24, 2.45) is 0 Å². The Hall–Kier alpha value is -3.36. The molecular weight excluding hydrogens is 534 g/mol. The molecule has 208 valence electrons. The van der Waals surface area contributed by atoms with Gasteiger partial charge in [0.2, 0.25) is 11.8 Å². The van der Waals surface area contributed by atoms with E-state index in [0.717, 1.165) is 26.6 Å². The summed E-state index contributed by atoms with van der Waals surface area (Å²) < 4.78 is 28.9. The summed E-state index contributed by atoms with van der Waals surface area (Å²) in [7, 11) is -4.10. The van der Waals surface area contributed by atoms with Gasteiger partial charge < -0.3 is 10.2 Å². The molecule has 0 aromatic heterocycles. The van der Waals surface area contributed by atoms with Gasteiger partial charge >= 0.3 is 0 Å². The van der Waals surface area contributed by atoms with Gasteiger partial charge in [-0.25, -0.2) is 8.42 Å². The van der Waals surface area contributed by atoms with Crippen LogP contribution in [0.25, 0.3) is 0 Å². The van der Waals surface area contributed by atoms with Crippen molar-refractivity contribution in [1.29, 1.82) is 0 Å². The second-order valence-electron chi connectivity index (χ2n) is 10.1. The number of carbonyl (C=O) groups is 2. The van der Waals surface area contributed by atoms with Crippen molar-refractivity contribution in [3.63, 3.8) is 0 Å². The number of amides is 2. The fourth-order valence-corrected chi connectivity index (χ4v) is 5.55. The predicted octanol–water partition coefficient (Wildman–Crippen LogP) is 5.40. The summed E-state index contributed by atoms with van der Waals surface area (Å²) in [6, 6.07) is 17.8. The van der Waals surface area contributed by atoms with Crippen molar-refractivity contribution < 1.29 is 18.0 Å². The summed E-state index contributed by atoms with van der Waals surface area (Å²) in [5.74, 6) is -0.836. The summed E-state index contributed by atoms with van der Waals surface area (Å²) in [4.78, 5) is 28.4. The van der Waals surface area contributed by atoms with E-state index < -0.39 is 28.5 Å². The predicted molar refractivity (Wildman–Crippen MR) is 156 cm³/mol. The van der Waals surface area contributed by atoms with E-state index in [1.807, 2.05) is 40.7 Å². The van der Waals surface area contributed by atoms with E-state index in [1.54, 1.807) is 55.5 Å². The van der Waals surface area contributed by atoms with E-state index in [9.17, 15) is 18.0 Å². The average Bonchev–Trinajstić information content (AvgIpc) is 2.88. The van der Waals surface area contributed by atoms with E-state index >= 15 is 0 Å². The minimum absolute atomic E-state index is 0.0778. The number of sulfonamides is 1. The molecule has 0 aliphatic rings. The van der Waals surface area contributed by atoms with Crippen LogP contribution in [0.4, 0.5) is 5.69 Å². The molecule has 0 aliphatic heterocycles. The van der Waals surface area contributed by atoms with Gasteiger partial charge in [0.25, 0.3) is 10.0 Å². The number of nitrogens with one attached hydrogen (secondary N) is 1. The third-order valence-corrected chi connectivity index (χ3v) is 8.57. The van der Waals surface area contributed by atoms with Crippen LogP contribution in [0.15, 0.2) is 71.6 Å². The summed E-state index contributed by atoms with van der Waals surface area (Å²) >= 11 is 6.04. The molecule has 0 radical (unpaired) electrons. The maximum absolute atomic E-state index is 13.9. The van der Waals surface area contributed by atoms with Gasteiger partial charge in [-0.2, -0.15) is 0 Å². The van der Waals surface area contributed by atoms with Crippen molar-refractivity contribution in [1.82, 2.24) is 10.2 Å². The molecule has 0 spiro atoms. The summed E-state index contributed by atoms with van der Waals surface area (Å²) in [5.41, 5.74) is 3.95. The Morgan fingerprint density at radius 3 is 2.05 bits per heavy atom. The summed E-state index contributed by atoms with van der Waals surface area (Å²) in [6.45, 7) is 10.6. The maximum Gasteiger partial charge on any atom is 0.264 e. The Kier molecular flexibility index (Phi) is 9.80. The number of anilines is 1. The molecule has 1 N–H and O–H groups in total. The highest BCUT2D eigenvalue weighted by atomic mass is 35.5. The number of aryl methyl sites for hydroxylation is 3. The average molecular weight is 570 g/mol. The molecule has 39 heavy (non-hydrogen) atoms. The third-order valence-electron chi connectivity index (χ3n) is 6.53. The Morgan fingerprint density at radius 1 is 0.872 bits per heavy atom. The lowest BCUT2D eigenvalue weighted by molar-refractivity contribution is -0.139. The first-order valence-electron chi connectivity index (χ1n) is 12.8. The van der Waals surface area contributed by atoms with Crippen LogP contribution in [0, 0.1) is 20.8 Å². The lowest BCUT2D eigenvalue weighted by atomic mass is 10.1. The molecule has 0 fully saturated rings. The molecule has 0 unspecified atom stereocenters. The van der Waals surface area contributed by atoms with Crippen molar-refractivity contribution in [3.8, 4) is 0 Å². The van der Waals surface area contributed by atoms with Gasteiger partial charge in [-0.15, -0.1) is 0 Å². The second kappa shape index (κ2) is 12.7. The lowest BCUT2D eigenvalue weighted by Crippen LogP contribution is -2.52. The minimum atomic E-state index is -4.10. The van der Waals surface area contributed by atoms with Crippen LogP contribution in [0.5, 0.6) is 0 Å². The molecule has 1 atom stereocenters. The number of benzene rings is 3. The fourth-order valence-electron chi connectivity index (χ4n) is 4.02. The molecule has 3 aromatic carbocycles. The van der Waals surface area contributed by atoms with Gasteiger partial charge in [-0.3, -0.25) is 13.9 Å². The Balaban J connectivity index is 2.05. The molecule has 3 aromatic rings. The monoisotopic (exact) mass is 569 g/mol. The van der Waals surface area contributed by atoms with E-state index in [0.29, 0.717) is 10.7 Å². The Morgan fingerprint density at radius 2 is 1.49 bits per heavy atom. The van der Waals surface area contributed by atoms with Crippen molar-refractivity contribution in [2.45, 2.75) is 65.1 Å². The smallest absolute Gasteiger partial charge is 0.264 e. The highest BCUT2D eigenvalue weighted by Gasteiger charge is 2.32. The van der Waals surface area contributed by atoms with Gasteiger partial charge in [0, 0.05) is 17.6 Å². The SMILES string of the molecule is Cc1ccc(S(=O)(=O)N(CC(=O)N(Cc2ccc(Cl)cc2)[C@H](C)C(=O)NC(C)C)c2ccc(C)c(C)c2)cc1. The first kappa shape index (κ1) is 30.2. The van der Waals surface area contributed by atoms with Gasteiger partial charge in [0.15, 0.2) is 0 Å². The van der Waals surface area contributed by atoms with Gasteiger partial charge in [0.05, 0.1) is 10.6 Å². The van der Waals surface area contributed by atoms with Crippen LogP contribution in [0.1, 0.15) is 43.0 Å². The fraction of sp³-hybridized carbons (Fsp3) is 0.333. The highest BCUT2D eigenvalue weighted by Crippen LogP contribution is 2.27. The van der Waals surface area contributed by atoms with Gasteiger partial charge in [-0.1, -0.05) is 47.5 Å². The Labute approximate surface area is 236 Å². The number of carbonyl (C=O) groups excluding carboxylic acids is 2. The molecular formula is C30H36ClN3O4S. The van der Waals surface area contributed by atoms with Crippen molar-refractivity contribution in [2.75, 3.05) is 10.8 Å². The first-order chi connectivity index (χ1) is 18.3. The van der Waals surface area contributed by atoms with Crippen molar-refractivity contribution >= 4 is 39.1 Å². The van der Waals surface area contributed by atoms with E-state index in [-0.39, 0.29) is 23.4 Å². The van der Waals surface area contributed by atoms with E-state index in [1.165, 1.54) is 17.0 Å². The maximum atomic E-state index is 13.9. The van der Waals surface area contributed by atoms with Crippen molar-refractivity contribution in [3.05, 3.63) is 94.0 Å². The van der Waals surface area contributed by atoms with Crippen LogP contribution in [0.3, 0.4) is 0 Å². The molecule has 7 nitrogen and oxygen atoms in total. The molecule has 0 saturated heterocycles. The second-order valence-corrected chi connectivity index (χ2v) is 12.4.